The van der Waals surface area contributed by atoms with Crippen LogP contribution in [0.15, 0.2) is 0 Å². The molecule has 1 aliphatic rings. The number of rotatable bonds is 6. The molecule has 0 aromatic rings. The third kappa shape index (κ3) is 3.71. The van der Waals surface area contributed by atoms with E-state index < -0.39 is 0 Å². The number of amides is 1. The minimum absolute atomic E-state index is 0.0289. The standard InChI is InChI=1S/C15H29NO2/c1-11(2)9-15(7-5-6-8-15)14(18)16-13(10-17)12(3)4/h11-13,17H,5-10H2,1-4H3,(H,16,18)/t13-/m1/s1. The fraction of sp³-hybridized carbons (Fsp3) is 0.933. The molecule has 106 valence electrons. The summed E-state index contributed by atoms with van der Waals surface area (Å²) in [6.07, 6.45) is 5.30. The first-order valence-corrected chi connectivity index (χ1v) is 7.33. The van der Waals surface area contributed by atoms with Crippen LogP contribution < -0.4 is 5.32 Å². The van der Waals surface area contributed by atoms with Crippen LogP contribution in [0.2, 0.25) is 0 Å². The number of hydrogen-bond donors (Lipinski definition) is 2. The van der Waals surface area contributed by atoms with Crippen molar-refractivity contribution in [1.82, 2.24) is 5.32 Å². The van der Waals surface area contributed by atoms with Crippen LogP contribution in [0.3, 0.4) is 0 Å². The van der Waals surface area contributed by atoms with Crippen molar-refractivity contribution in [3.8, 4) is 0 Å². The molecular weight excluding hydrogens is 226 g/mol. The summed E-state index contributed by atoms with van der Waals surface area (Å²) >= 11 is 0. The Kier molecular flexibility index (Phi) is 5.64. The molecular formula is C15H29NO2. The molecule has 0 aromatic heterocycles. The first-order chi connectivity index (χ1) is 8.41. The molecule has 18 heavy (non-hydrogen) atoms. The molecule has 0 spiro atoms. The van der Waals surface area contributed by atoms with Crippen molar-refractivity contribution in [2.75, 3.05) is 6.61 Å². The highest BCUT2D eigenvalue weighted by Gasteiger charge is 2.41. The fourth-order valence-electron chi connectivity index (χ4n) is 3.10. The number of aliphatic hydroxyl groups excluding tert-OH is 1. The molecule has 0 saturated heterocycles. The van der Waals surface area contributed by atoms with Crippen LogP contribution in [0.4, 0.5) is 0 Å². The maximum absolute atomic E-state index is 12.6. The van der Waals surface area contributed by atoms with Gasteiger partial charge in [-0.2, -0.15) is 0 Å². The normalized spacial score (nSPS) is 20.4. The third-order valence-corrected chi connectivity index (χ3v) is 4.16. The van der Waals surface area contributed by atoms with Crippen LogP contribution >= 0.6 is 0 Å². The summed E-state index contributed by atoms with van der Waals surface area (Å²) in [4.78, 5) is 12.6. The van der Waals surface area contributed by atoms with Gasteiger partial charge in [-0.3, -0.25) is 4.79 Å². The summed E-state index contributed by atoms with van der Waals surface area (Å²) in [5.74, 6) is 0.985. The van der Waals surface area contributed by atoms with Gasteiger partial charge in [-0.25, -0.2) is 0 Å². The predicted molar refractivity (Wildman–Crippen MR) is 74.2 cm³/mol. The second kappa shape index (κ2) is 6.55. The maximum atomic E-state index is 12.6. The van der Waals surface area contributed by atoms with Crippen LogP contribution in [0.5, 0.6) is 0 Å². The third-order valence-electron chi connectivity index (χ3n) is 4.16. The minimum atomic E-state index is -0.170. The quantitative estimate of drug-likeness (QED) is 0.766. The SMILES string of the molecule is CC(C)CC1(C(=O)N[C@H](CO)C(C)C)CCCC1. The van der Waals surface area contributed by atoms with Crippen molar-refractivity contribution in [2.45, 2.75) is 65.8 Å². The summed E-state index contributed by atoms with van der Waals surface area (Å²) in [5, 5.41) is 12.4. The van der Waals surface area contributed by atoms with Crippen molar-refractivity contribution < 1.29 is 9.90 Å². The zero-order valence-electron chi connectivity index (χ0n) is 12.3. The van der Waals surface area contributed by atoms with E-state index in [9.17, 15) is 9.90 Å². The highest BCUT2D eigenvalue weighted by atomic mass is 16.3. The van der Waals surface area contributed by atoms with Crippen LogP contribution in [0.25, 0.3) is 0 Å². The first-order valence-electron chi connectivity index (χ1n) is 7.33. The Morgan fingerprint density at radius 2 is 1.78 bits per heavy atom. The lowest BCUT2D eigenvalue weighted by molar-refractivity contribution is -0.133. The number of nitrogens with one attached hydrogen (secondary N) is 1. The molecule has 1 rings (SSSR count). The average molecular weight is 255 g/mol. The van der Waals surface area contributed by atoms with Crippen LogP contribution in [-0.4, -0.2) is 23.7 Å². The van der Waals surface area contributed by atoms with Crippen LogP contribution in [0, 0.1) is 17.3 Å². The summed E-state index contributed by atoms with van der Waals surface area (Å²) in [6.45, 7) is 8.45. The van der Waals surface area contributed by atoms with Crippen molar-refractivity contribution in [3.05, 3.63) is 0 Å². The van der Waals surface area contributed by atoms with Gasteiger partial charge in [-0.1, -0.05) is 40.5 Å². The summed E-state index contributed by atoms with van der Waals surface area (Å²) in [5.41, 5.74) is -0.170. The molecule has 0 bridgehead atoms. The van der Waals surface area contributed by atoms with Gasteiger partial charge in [0.25, 0.3) is 0 Å². The molecule has 1 atom stereocenters. The van der Waals surface area contributed by atoms with Crippen LogP contribution in [-0.2, 0) is 4.79 Å². The van der Waals surface area contributed by atoms with E-state index in [-0.39, 0.29) is 29.9 Å². The van der Waals surface area contributed by atoms with Gasteiger partial charge in [0.05, 0.1) is 12.6 Å². The van der Waals surface area contributed by atoms with Gasteiger partial charge >= 0.3 is 0 Å². The molecule has 0 unspecified atom stereocenters. The number of carbonyl (C=O) groups is 1. The lowest BCUT2D eigenvalue weighted by Crippen LogP contribution is -2.48. The Hall–Kier alpha value is -0.570. The Morgan fingerprint density at radius 3 is 2.17 bits per heavy atom. The molecule has 1 amide bonds. The first kappa shape index (κ1) is 15.5. The number of aliphatic hydroxyl groups is 1. The van der Waals surface area contributed by atoms with Gasteiger partial charge in [0.2, 0.25) is 5.91 Å². The maximum Gasteiger partial charge on any atom is 0.226 e. The monoisotopic (exact) mass is 255 g/mol. The zero-order valence-corrected chi connectivity index (χ0v) is 12.3. The van der Waals surface area contributed by atoms with E-state index >= 15 is 0 Å². The second-order valence-corrected chi connectivity index (χ2v) is 6.59. The van der Waals surface area contributed by atoms with E-state index in [0.717, 1.165) is 32.1 Å². The van der Waals surface area contributed by atoms with Crippen molar-refractivity contribution >= 4 is 5.91 Å². The van der Waals surface area contributed by atoms with E-state index in [0.29, 0.717) is 5.92 Å². The molecule has 0 aromatic carbocycles. The number of carbonyl (C=O) groups excluding carboxylic acids is 1. The van der Waals surface area contributed by atoms with E-state index in [2.05, 4.69) is 19.2 Å². The van der Waals surface area contributed by atoms with Gasteiger partial charge in [0.1, 0.15) is 0 Å². The van der Waals surface area contributed by atoms with Crippen LogP contribution in [0.1, 0.15) is 59.8 Å². The number of hydrogen-bond acceptors (Lipinski definition) is 2. The van der Waals surface area contributed by atoms with Gasteiger partial charge < -0.3 is 10.4 Å². The predicted octanol–water partition coefficient (Wildman–Crippen LogP) is 2.73. The summed E-state index contributed by atoms with van der Waals surface area (Å²) in [7, 11) is 0. The second-order valence-electron chi connectivity index (χ2n) is 6.59. The molecule has 0 aliphatic heterocycles. The Morgan fingerprint density at radius 1 is 1.22 bits per heavy atom. The summed E-state index contributed by atoms with van der Waals surface area (Å²) < 4.78 is 0. The fourth-order valence-corrected chi connectivity index (χ4v) is 3.10. The molecule has 1 saturated carbocycles. The Bertz CT molecular complexity index is 268. The average Bonchev–Trinajstić information content (AvgIpc) is 2.73. The lowest BCUT2D eigenvalue weighted by atomic mass is 9.77. The smallest absolute Gasteiger partial charge is 0.226 e. The van der Waals surface area contributed by atoms with Crippen molar-refractivity contribution in [3.63, 3.8) is 0 Å². The van der Waals surface area contributed by atoms with E-state index in [1.165, 1.54) is 0 Å². The van der Waals surface area contributed by atoms with E-state index in [1.807, 2.05) is 13.8 Å². The van der Waals surface area contributed by atoms with Crippen molar-refractivity contribution in [2.24, 2.45) is 17.3 Å². The minimum Gasteiger partial charge on any atom is -0.394 e. The highest BCUT2D eigenvalue weighted by Crippen LogP contribution is 2.43. The molecule has 0 heterocycles. The Balaban J connectivity index is 2.71. The van der Waals surface area contributed by atoms with E-state index in [1.54, 1.807) is 0 Å². The highest BCUT2D eigenvalue weighted by molar-refractivity contribution is 5.83. The van der Waals surface area contributed by atoms with Crippen molar-refractivity contribution in [1.29, 1.82) is 0 Å². The Labute approximate surface area is 111 Å². The largest absolute Gasteiger partial charge is 0.394 e. The summed E-state index contributed by atoms with van der Waals surface area (Å²) in [6, 6.07) is -0.109. The molecule has 1 fully saturated rings. The van der Waals surface area contributed by atoms with Gasteiger partial charge in [-0.05, 0) is 31.1 Å². The molecule has 2 N–H and O–H groups in total. The molecule has 1 aliphatic carbocycles. The van der Waals surface area contributed by atoms with Gasteiger partial charge in [0.15, 0.2) is 0 Å². The molecule has 3 heteroatoms. The lowest BCUT2D eigenvalue weighted by Gasteiger charge is -2.32. The molecule has 3 nitrogen and oxygen atoms in total. The molecule has 0 radical (unpaired) electrons. The van der Waals surface area contributed by atoms with Gasteiger partial charge in [0, 0.05) is 5.41 Å². The topological polar surface area (TPSA) is 49.3 Å². The van der Waals surface area contributed by atoms with Gasteiger partial charge in [-0.15, -0.1) is 0 Å². The zero-order chi connectivity index (χ0) is 13.8. The van der Waals surface area contributed by atoms with E-state index in [4.69, 9.17) is 0 Å².